The van der Waals surface area contributed by atoms with Crippen molar-refractivity contribution in [2.75, 3.05) is 18.5 Å². The number of nitrogens with zero attached hydrogens (tertiary/aromatic N) is 2. The summed E-state index contributed by atoms with van der Waals surface area (Å²) in [6.07, 6.45) is 0.795. The molecule has 6 nitrogen and oxygen atoms in total. The third-order valence-corrected chi connectivity index (χ3v) is 6.06. The molecule has 23 heavy (non-hydrogen) atoms. The van der Waals surface area contributed by atoms with Gasteiger partial charge in [-0.2, -0.15) is 0 Å². The predicted molar refractivity (Wildman–Crippen MR) is 89.3 cm³/mol. The summed E-state index contributed by atoms with van der Waals surface area (Å²) in [6, 6.07) is 4.79. The second-order valence-corrected chi connectivity index (χ2v) is 8.25. The number of thiazole rings is 1. The van der Waals surface area contributed by atoms with Gasteiger partial charge in [0.1, 0.15) is 0 Å². The molecule has 1 aliphatic heterocycles. The van der Waals surface area contributed by atoms with Crippen molar-refractivity contribution in [1.82, 2.24) is 9.71 Å². The normalized spacial score (nSPS) is 14.3. The third kappa shape index (κ3) is 3.29. The summed E-state index contributed by atoms with van der Waals surface area (Å²) in [5.41, 5.74) is 2.40. The van der Waals surface area contributed by atoms with Gasteiger partial charge in [-0.05, 0) is 30.7 Å². The first-order valence-electron chi connectivity index (χ1n) is 7.17. The molecule has 0 unspecified atom stereocenters. The van der Waals surface area contributed by atoms with Gasteiger partial charge < -0.3 is 4.90 Å². The van der Waals surface area contributed by atoms with Gasteiger partial charge in [-0.25, -0.2) is 18.1 Å². The van der Waals surface area contributed by atoms with Crippen LogP contribution in [0.15, 0.2) is 28.5 Å². The lowest BCUT2D eigenvalue weighted by atomic mass is 10.2. The van der Waals surface area contributed by atoms with Gasteiger partial charge in [-0.15, -0.1) is 11.3 Å². The molecule has 0 spiro atoms. The fourth-order valence-electron chi connectivity index (χ4n) is 2.53. The van der Waals surface area contributed by atoms with Crippen LogP contribution in [0.3, 0.4) is 0 Å². The molecule has 8 heteroatoms. The number of amides is 1. The molecule has 0 aliphatic carbocycles. The van der Waals surface area contributed by atoms with Crippen LogP contribution in [-0.4, -0.2) is 32.9 Å². The number of hydrogen-bond acceptors (Lipinski definition) is 5. The molecule has 1 N–H and O–H groups in total. The quantitative estimate of drug-likeness (QED) is 0.885. The van der Waals surface area contributed by atoms with E-state index in [9.17, 15) is 13.2 Å². The summed E-state index contributed by atoms with van der Waals surface area (Å²) in [5, 5.41) is 2.90. The SMILES string of the molecule is Cc1nc(CCNS(=O)(=O)c2ccc3c(c2)CC(=O)N3C)cs1. The Bertz CT molecular complexity index is 859. The minimum Gasteiger partial charge on any atom is -0.315 e. The number of fused-ring (bicyclic) bond motifs is 1. The van der Waals surface area contributed by atoms with E-state index in [1.807, 2.05) is 12.3 Å². The molecule has 122 valence electrons. The van der Waals surface area contributed by atoms with Gasteiger partial charge in [0.2, 0.25) is 15.9 Å². The maximum absolute atomic E-state index is 12.4. The highest BCUT2D eigenvalue weighted by Gasteiger charge is 2.26. The van der Waals surface area contributed by atoms with Gasteiger partial charge in [0, 0.05) is 31.1 Å². The highest BCUT2D eigenvalue weighted by Crippen LogP contribution is 2.29. The van der Waals surface area contributed by atoms with Gasteiger partial charge in [-0.1, -0.05) is 0 Å². The molecule has 1 aliphatic rings. The van der Waals surface area contributed by atoms with E-state index in [-0.39, 0.29) is 17.2 Å². The molecule has 0 atom stereocenters. The molecule has 0 fully saturated rings. The molecular formula is C15H17N3O3S2. The van der Waals surface area contributed by atoms with Crippen LogP contribution < -0.4 is 9.62 Å². The van der Waals surface area contributed by atoms with Crippen molar-refractivity contribution in [3.8, 4) is 0 Å². The summed E-state index contributed by atoms with van der Waals surface area (Å²) in [6.45, 7) is 2.21. The van der Waals surface area contributed by atoms with Gasteiger partial charge >= 0.3 is 0 Å². The molecule has 0 saturated carbocycles. The number of carbonyl (C=O) groups excluding carboxylic acids is 1. The van der Waals surface area contributed by atoms with Crippen LogP contribution in [0.25, 0.3) is 0 Å². The van der Waals surface area contributed by atoms with Crippen LogP contribution in [0.2, 0.25) is 0 Å². The van der Waals surface area contributed by atoms with E-state index in [4.69, 9.17) is 0 Å². The van der Waals surface area contributed by atoms with Crippen LogP contribution in [-0.2, 0) is 27.7 Å². The number of aromatic nitrogens is 1. The molecule has 1 amide bonds. The summed E-state index contributed by atoms with van der Waals surface area (Å²) in [5.74, 6) is -0.0265. The largest absolute Gasteiger partial charge is 0.315 e. The fraction of sp³-hybridized carbons (Fsp3) is 0.333. The highest BCUT2D eigenvalue weighted by molar-refractivity contribution is 7.89. The molecular weight excluding hydrogens is 334 g/mol. The fourth-order valence-corrected chi connectivity index (χ4v) is 4.26. The highest BCUT2D eigenvalue weighted by atomic mass is 32.2. The van der Waals surface area contributed by atoms with Crippen LogP contribution in [0.4, 0.5) is 5.69 Å². The van der Waals surface area contributed by atoms with Crippen molar-refractivity contribution in [2.45, 2.75) is 24.7 Å². The van der Waals surface area contributed by atoms with Gasteiger partial charge in [0.05, 0.1) is 22.0 Å². The van der Waals surface area contributed by atoms with E-state index in [1.54, 1.807) is 35.4 Å². The van der Waals surface area contributed by atoms with E-state index in [0.717, 1.165) is 22.0 Å². The Morgan fingerprint density at radius 3 is 2.87 bits per heavy atom. The maximum atomic E-state index is 12.4. The first-order chi connectivity index (χ1) is 10.9. The van der Waals surface area contributed by atoms with Gasteiger partial charge in [-0.3, -0.25) is 4.79 Å². The Balaban J connectivity index is 1.70. The summed E-state index contributed by atoms with van der Waals surface area (Å²) in [4.78, 5) is 17.7. The number of carbonyl (C=O) groups is 1. The van der Waals surface area contributed by atoms with Crippen molar-refractivity contribution in [1.29, 1.82) is 0 Å². The van der Waals surface area contributed by atoms with Crippen molar-refractivity contribution in [2.24, 2.45) is 0 Å². The minimum absolute atomic E-state index is 0.0265. The van der Waals surface area contributed by atoms with E-state index in [0.29, 0.717) is 13.0 Å². The zero-order valence-corrected chi connectivity index (χ0v) is 14.5. The van der Waals surface area contributed by atoms with Gasteiger partial charge in [0.15, 0.2) is 0 Å². The monoisotopic (exact) mass is 351 g/mol. The number of likely N-dealkylation sites (N-methyl/N-ethyl adjacent to an activating group) is 1. The van der Waals surface area contributed by atoms with E-state index < -0.39 is 10.0 Å². The predicted octanol–water partition coefficient (Wildman–Crippen LogP) is 1.49. The van der Waals surface area contributed by atoms with Crippen molar-refractivity contribution < 1.29 is 13.2 Å². The second-order valence-electron chi connectivity index (χ2n) is 5.43. The Hall–Kier alpha value is -1.77. The van der Waals surface area contributed by atoms with Crippen molar-refractivity contribution in [3.05, 3.63) is 39.8 Å². The van der Waals surface area contributed by atoms with Gasteiger partial charge in [0.25, 0.3) is 0 Å². The van der Waals surface area contributed by atoms with Crippen molar-refractivity contribution in [3.63, 3.8) is 0 Å². The zero-order valence-electron chi connectivity index (χ0n) is 12.9. The Morgan fingerprint density at radius 2 is 2.17 bits per heavy atom. The lowest BCUT2D eigenvalue weighted by Crippen LogP contribution is -2.26. The average Bonchev–Trinajstić information content (AvgIpc) is 3.03. The Labute approximate surface area is 139 Å². The lowest BCUT2D eigenvalue weighted by molar-refractivity contribution is -0.117. The summed E-state index contributed by atoms with van der Waals surface area (Å²) >= 11 is 1.55. The maximum Gasteiger partial charge on any atom is 0.240 e. The second kappa shape index (κ2) is 6.03. The Morgan fingerprint density at radius 1 is 1.39 bits per heavy atom. The number of hydrogen-bond donors (Lipinski definition) is 1. The van der Waals surface area contributed by atoms with Crippen LogP contribution >= 0.6 is 11.3 Å². The van der Waals surface area contributed by atoms with E-state index in [2.05, 4.69) is 9.71 Å². The minimum atomic E-state index is -3.58. The molecule has 0 bridgehead atoms. The number of sulfonamides is 1. The molecule has 3 rings (SSSR count). The number of aryl methyl sites for hydroxylation is 1. The molecule has 1 aromatic heterocycles. The molecule has 2 aromatic rings. The number of rotatable bonds is 5. The first-order valence-corrected chi connectivity index (χ1v) is 9.53. The molecule has 0 radical (unpaired) electrons. The van der Waals surface area contributed by atoms with E-state index in [1.165, 1.54) is 6.07 Å². The number of nitrogens with one attached hydrogen (secondary N) is 1. The van der Waals surface area contributed by atoms with Crippen LogP contribution in [0.5, 0.6) is 0 Å². The first kappa shape index (κ1) is 16.1. The smallest absolute Gasteiger partial charge is 0.240 e. The summed E-state index contributed by atoms with van der Waals surface area (Å²) in [7, 11) is -1.89. The van der Waals surface area contributed by atoms with Crippen LogP contribution in [0.1, 0.15) is 16.3 Å². The summed E-state index contributed by atoms with van der Waals surface area (Å²) < 4.78 is 27.3. The van der Waals surface area contributed by atoms with Crippen LogP contribution in [0, 0.1) is 6.92 Å². The lowest BCUT2D eigenvalue weighted by Gasteiger charge is -2.11. The zero-order chi connectivity index (χ0) is 16.6. The third-order valence-electron chi connectivity index (χ3n) is 3.78. The Kier molecular flexibility index (Phi) is 4.22. The molecule has 2 heterocycles. The number of anilines is 1. The molecule has 1 aromatic carbocycles. The standard InChI is InChI=1S/C15H17N3O3S2/c1-10-17-12(9-22-10)5-6-16-23(20,21)13-3-4-14-11(7-13)8-15(19)18(14)2/h3-4,7,9,16H,5-6,8H2,1-2H3. The average molecular weight is 351 g/mol. The van der Waals surface area contributed by atoms with Crippen molar-refractivity contribution >= 4 is 33.0 Å². The molecule has 0 saturated heterocycles. The van der Waals surface area contributed by atoms with E-state index >= 15 is 0 Å². The number of benzene rings is 1. The topological polar surface area (TPSA) is 79.4 Å².